The van der Waals surface area contributed by atoms with Crippen molar-refractivity contribution in [2.75, 3.05) is 49.4 Å². The average Bonchev–Trinajstić information content (AvgIpc) is 1.59. The number of halogens is 3. The van der Waals surface area contributed by atoms with Gasteiger partial charge in [-0.3, -0.25) is 9.36 Å². The lowest BCUT2D eigenvalue weighted by Crippen LogP contribution is -2.51. The van der Waals surface area contributed by atoms with E-state index < -0.39 is 34.5 Å². The zero-order chi connectivity index (χ0) is 74.2. The number of hydrogen-bond donors (Lipinski definition) is 2. The first-order valence-corrected chi connectivity index (χ1v) is 46.2. The number of alkyl carbamates (subject to hydrolysis) is 2. The zero-order valence-electron chi connectivity index (χ0n) is 63.3. The number of rotatable bonds is 18. The molecule has 8 aromatic rings. The Kier molecular flexibility index (Phi) is 22.1. The van der Waals surface area contributed by atoms with Gasteiger partial charge in [0.15, 0.2) is 11.3 Å². The second-order valence-electron chi connectivity index (χ2n) is 34.6. The first kappa shape index (κ1) is 76.5. The summed E-state index contributed by atoms with van der Waals surface area (Å²) in [5.74, 6) is 1.79. The van der Waals surface area contributed by atoms with E-state index in [-0.39, 0.29) is 53.6 Å². The summed E-state index contributed by atoms with van der Waals surface area (Å²) in [4.78, 5) is 49.8. The number of amides is 2. The topological polar surface area (TPSA) is 236 Å². The van der Waals surface area contributed by atoms with Gasteiger partial charge in [0.2, 0.25) is 0 Å². The van der Waals surface area contributed by atoms with Gasteiger partial charge in [-0.25, -0.2) is 29.5 Å². The summed E-state index contributed by atoms with van der Waals surface area (Å²) in [6.07, 6.45) is 19.1. The molecule has 2 N–H and O–H groups in total. The van der Waals surface area contributed by atoms with E-state index in [9.17, 15) is 9.59 Å². The predicted octanol–water partition coefficient (Wildman–Crippen LogP) is 14.9. The van der Waals surface area contributed by atoms with Crippen LogP contribution in [-0.4, -0.2) is 182 Å². The van der Waals surface area contributed by atoms with Crippen molar-refractivity contribution in [1.82, 2.24) is 59.3 Å². The number of carbonyl (C=O) groups is 2. The van der Waals surface area contributed by atoms with Gasteiger partial charge in [0.1, 0.15) is 47.3 Å². The fraction of sp³-hybridized carbons (Fsp3) is 0.622. The molecule has 2 amide bonds. The summed E-state index contributed by atoms with van der Waals surface area (Å²) in [7, 11) is -2.82. The summed E-state index contributed by atoms with van der Waals surface area (Å²) in [6.45, 7) is 38.7. The molecule has 0 spiro atoms. The van der Waals surface area contributed by atoms with E-state index in [2.05, 4.69) is 109 Å². The number of carbonyl (C=O) groups excluding carboxylic acids is 2. The van der Waals surface area contributed by atoms with Gasteiger partial charge in [0, 0.05) is 118 Å². The minimum Gasteiger partial charge on any atom is -0.444 e. The third-order valence-corrected chi connectivity index (χ3v) is 26.1. The van der Waals surface area contributed by atoms with Crippen LogP contribution in [-0.2, 0) is 51.2 Å². The molecule has 13 heterocycles. The molecule has 104 heavy (non-hydrogen) atoms. The SMILES string of the molecule is CC(C)(C)OC(=O)NC1C[C@H]2CC[C@@H](C1)N2c1cnc2c(-c3ccc4nn(C5COC5)cc4c3Cl)cn(COCC[Si](C)(C)C)c2n1.CC(C)(C)OC(=O)NC1C[C@H]2CC[C@@H](C1)N2c1cnc2c(I)cn(COCC[Si](C)(C)C)c2n1.CC1(C)OB(c2ccc3nn(C4COC4)cc3c2Cl)OC1(C)C. The fourth-order valence-electron chi connectivity index (χ4n) is 14.7. The Bertz CT molecular complexity index is 4400. The van der Waals surface area contributed by atoms with E-state index in [4.69, 9.17) is 86.0 Å². The van der Waals surface area contributed by atoms with Crippen molar-refractivity contribution in [2.24, 2.45) is 0 Å². The molecule has 562 valence electrons. The van der Waals surface area contributed by atoms with Crippen LogP contribution in [0.3, 0.4) is 0 Å². The molecule has 2 aromatic carbocycles. The highest BCUT2D eigenvalue weighted by Crippen LogP contribution is 2.44. The number of fused-ring (bicyclic) bond motifs is 8. The van der Waals surface area contributed by atoms with Crippen molar-refractivity contribution in [1.29, 1.82) is 0 Å². The van der Waals surface area contributed by atoms with Crippen LogP contribution in [0, 0.1) is 3.57 Å². The number of hydrogen-bond acceptors (Lipinski definition) is 18. The van der Waals surface area contributed by atoms with Crippen molar-refractivity contribution in [2.45, 2.75) is 256 Å². The quantitative estimate of drug-likeness (QED) is 0.0461. The summed E-state index contributed by atoms with van der Waals surface area (Å²) in [5, 5.41) is 18.7. The molecule has 7 aliphatic heterocycles. The highest BCUT2D eigenvalue weighted by Gasteiger charge is 2.53. The molecule has 6 aromatic heterocycles. The second-order valence-corrected chi connectivity index (χ2v) is 47.8. The molecule has 15 rings (SSSR count). The fourth-order valence-corrected chi connectivity index (χ4v) is 17.5. The summed E-state index contributed by atoms with van der Waals surface area (Å²) in [5.41, 5.74) is 5.98. The molecule has 4 bridgehead atoms. The zero-order valence-corrected chi connectivity index (χ0v) is 68.9. The van der Waals surface area contributed by atoms with Crippen LogP contribution in [0.5, 0.6) is 0 Å². The maximum absolute atomic E-state index is 12.5. The second kappa shape index (κ2) is 30.1. The summed E-state index contributed by atoms with van der Waals surface area (Å²) < 4.78 is 55.2. The lowest BCUT2D eigenvalue weighted by Gasteiger charge is -2.40. The molecule has 0 aliphatic carbocycles. The number of piperidine rings is 2. The van der Waals surface area contributed by atoms with Gasteiger partial charge in [-0.1, -0.05) is 74.6 Å². The van der Waals surface area contributed by atoms with Crippen LogP contribution in [0.25, 0.3) is 55.3 Å². The highest BCUT2D eigenvalue weighted by atomic mass is 127. The number of aromatic nitrogens is 10. The van der Waals surface area contributed by atoms with Gasteiger partial charge >= 0.3 is 19.3 Å². The van der Waals surface area contributed by atoms with Gasteiger partial charge < -0.3 is 67.3 Å². The van der Waals surface area contributed by atoms with E-state index in [1.807, 2.05) is 128 Å². The van der Waals surface area contributed by atoms with Gasteiger partial charge in [-0.05, 0) is 167 Å². The molecule has 2 unspecified atom stereocenters. The van der Waals surface area contributed by atoms with E-state index in [0.717, 1.165) is 146 Å². The van der Waals surface area contributed by atoms with E-state index >= 15 is 0 Å². The highest BCUT2D eigenvalue weighted by molar-refractivity contribution is 14.1. The number of ether oxygens (including phenoxy) is 6. The monoisotopic (exact) mass is 1610 g/mol. The molecule has 6 atom stereocenters. The molecule has 30 heteroatoms. The Labute approximate surface area is 636 Å². The molecular formula is C74H104BCl2IN14O10Si2. The van der Waals surface area contributed by atoms with E-state index in [0.29, 0.717) is 74.7 Å². The normalized spacial score (nSPS) is 22.5. The molecule has 7 saturated heterocycles. The lowest BCUT2D eigenvalue weighted by molar-refractivity contribution is -0.0283. The number of nitrogens with zero attached hydrogens (tertiary/aromatic N) is 12. The van der Waals surface area contributed by atoms with Gasteiger partial charge in [-0.15, -0.1) is 0 Å². The van der Waals surface area contributed by atoms with E-state index in [1.165, 1.54) is 0 Å². The maximum atomic E-state index is 12.5. The number of anilines is 2. The smallest absolute Gasteiger partial charge is 0.444 e. The minimum atomic E-state index is -1.24. The molecule has 24 nitrogen and oxygen atoms in total. The van der Waals surface area contributed by atoms with Crippen molar-refractivity contribution in [3.8, 4) is 11.1 Å². The van der Waals surface area contributed by atoms with Crippen LogP contribution in [0.2, 0.25) is 61.4 Å². The number of nitrogens with one attached hydrogen (secondary N) is 2. The Morgan fingerprint density at radius 2 is 1.01 bits per heavy atom. The third kappa shape index (κ3) is 17.2. The van der Waals surface area contributed by atoms with Crippen molar-refractivity contribution >= 4 is 142 Å². The Hall–Kier alpha value is -5.67. The van der Waals surface area contributed by atoms with E-state index in [1.54, 1.807) is 0 Å². The molecule has 7 fully saturated rings. The summed E-state index contributed by atoms with van der Waals surface area (Å²) >= 11 is 16.1. The summed E-state index contributed by atoms with van der Waals surface area (Å²) in [6, 6.07) is 12.2. The standard InChI is InChI=1S/C34H46ClN7O4Si.C24H38IN5O3Si.C16H20BClN2O3/c1-34(2,3)46-33(43)37-21-13-22-7-8-23(14-21)42(22)29-15-36-31-26(16-40(32(31)38-29)20-44-11-12-47(4,5)6)25-9-10-28-27(30(25)35)17-41(39-28)24-18-45-19-24;1-24(2,3)33-23(31)27-16-11-17-7-8-18(12-16)30(17)20-13-26-21-19(25)14-29(22(21)28-20)15-32-9-10-34(4,5)6;1-15(2)16(3,4)23-17(22-15)12-5-6-13-11(14(12)18)7-20(19-13)10-8-21-9-10/h9-10,15-17,21-24H,7-8,11-14,18-20H2,1-6H3,(H,37,43);13-14,16-18H,7-12,15H2,1-6H3,(H,27,31);5-7,10H,8-9H2,1-4H3/t21?,22-,23+;16?,17-,18+;. The number of benzene rings is 2. The van der Waals surface area contributed by atoms with Crippen molar-refractivity contribution in [3.05, 3.63) is 75.1 Å². The maximum Gasteiger partial charge on any atom is 0.496 e. The first-order valence-electron chi connectivity index (χ1n) is 37.0. The Morgan fingerprint density at radius 1 is 0.587 bits per heavy atom. The van der Waals surface area contributed by atoms with Crippen LogP contribution in [0.4, 0.5) is 21.2 Å². The van der Waals surface area contributed by atoms with Crippen LogP contribution in [0.1, 0.15) is 133 Å². The average molecular weight is 1610 g/mol. The molecular weight excluding hydrogens is 1510 g/mol. The van der Waals surface area contributed by atoms with Crippen molar-refractivity contribution < 1.29 is 47.3 Å². The van der Waals surface area contributed by atoms with Crippen LogP contribution >= 0.6 is 45.8 Å². The largest absolute Gasteiger partial charge is 0.496 e. The van der Waals surface area contributed by atoms with Crippen LogP contribution < -0.4 is 25.9 Å². The Morgan fingerprint density at radius 3 is 1.44 bits per heavy atom. The predicted molar refractivity (Wildman–Crippen MR) is 423 cm³/mol. The van der Waals surface area contributed by atoms with Crippen molar-refractivity contribution in [3.63, 3.8) is 0 Å². The van der Waals surface area contributed by atoms with Gasteiger partial charge in [0.05, 0.1) is 86.8 Å². The Balaban J connectivity index is 0.000000147. The minimum absolute atomic E-state index is 0.0729. The van der Waals surface area contributed by atoms with Gasteiger partial charge in [-0.2, -0.15) is 10.2 Å². The lowest BCUT2D eigenvalue weighted by atomic mass is 9.78. The van der Waals surface area contributed by atoms with Crippen LogP contribution in [0.15, 0.2) is 61.4 Å². The molecule has 0 saturated carbocycles. The van der Waals surface area contributed by atoms with Gasteiger partial charge in [0.25, 0.3) is 0 Å². The first-order chi connectivity index (χ1) is 49.0. The molecule has 7 aliphatic rings. The molecule has 0 radical (unpaired) electrons. The third-order valence-electron chi connectivity index (χ3n) is 21.1.